The maximum Gasteiger partial charge on any atom is 0.243 e. The van der Waals surface area contributed by atoms with E-state index in [1.54, 1.807) is 39.5 Å². The predicted octanol–water partition coefficient (Wildman–Crippen LogP) is 3.36. The van der Waals surface area contributed by atoms with Gasteiger partial charge in [-0.1, -0.05) is 30.3 Å². The largest absolute Gasteiger partial charge is 0.493 e. The van der Waals surface area contributed by atoms with E-state index in [-0.39, 0.29) is 5.91 Å². The Bertz CT molecular complexity index is 781. The fraction of sp³-hybridized carbons (Fsp3) is 0.348. The van der Waals surface area contributed by atoms with Gasteiger partial charge >= 0.3 is 0 Å². The second-order valence-corrected chi connectivity index (χ2v) is 6.66. The summed E-state index contributed by atoms with van der Waals surface area (Å²) in [7, 11) is 6.76. The molecule has 1 N–H and O–H groups in total. The Hall–Kier alpha value is -2.99. The maximum atomic E-state index is 12.1. The van der Waals surface area contributed by atoms with E-state index in [0.29, 0.717) is 23.8 Å². The lowest BCUT2D eigenvalue weighted by atomic mass is 10.1. The number of carbonyl (C=O) groups excluding carboxylic acids is 1. The molecule has 0 saturated carbocycles. The van der Waals surface area contributed by atoms with Gasteiger partial charge in [-0.2, -0.15) is 0 Å². The lowest BCUT2D eigenvalue weighted by Crippen LogP contribution is -2.26. The van der Waals surface area contributed by atoms with Crippen molar-refractivity contribution in [1.29, 1.82) is 0 Å². The number of ether oxygens (including phenoxy) is 3. The zero-order valence-electron chi connectivity index (χ0n) is 17.6. The molecule has 2 aromatic carbocycles. The number of benzene rings is 2. The van der Waals surface area contributed by atoms with Crippen LogP contribution in [0.25, 0.3) is 6.08 Å². The molecule has 6 heteroatoms. The molecule has 2 aromatic rings. The maximum absolute atomic E-state index is 12.1. The SMILES string of the molecule is COc1cc(/C=C/C(=O)NCCCN(C)Cc2ccccc2)cc(OC)c1OC. The van der Waals surface area contributed by atoms with E-state index >= 15 is 0 Å². The van der Waals surface area contributed by atoms with Crippen LogP contribution in [0.2, 0.25) is 0 Å². The van der Waals surface area contributed by atoms with E-state index in [2.05, 4.69) is 29.4 Å². The Balaban J connectivity index is 1.79. The number of amides is 1. The summed E-state index contributed by atoms with van der Waals surface area (Å²) >= 11 is 0. The minimum atomic E-state index is -0.135. The highest BCUT2D eigenvalue weighted by Crippen LogP contribution is 2.38. The number of carbonyl (C=O) groups is 1. The van der Waals surface area contributed by atoms with Gasteiger partial charge in [-0.05, 0) is 49.3 Å². The third-order valence-electron chi connectivity index (χ3n) is 4.43. The standard InChI is InChI=1S/C23H30N2O4/c1-25(17-18-9-6-5-7-10-18)14-8-13-24-22(26)12-11-19-15-20(27-2)23(29-4)21(16-19)28-3/h5-7,9-12,15-16H,8,13-14,17H2,1-4H3,(H,24,26)/b12-11+. The average molecular weight is 399 g/mol. The first kappa shape index (κ1) is 22.3. The highest BCUT2D eigenvalue weighted by atomic mass is 16.5. The highest BCUT2D eigenvalue weighted by Gasteiger charge is 2.12. The third-order valence-corrected chi connectivity index (χ3v) is 4.43. The van der Waals surface area contributed by atoms with Crippen molar-refractivity contribution in [3.63, 3.8) is 0 Å². The first-order valence-electron chi connectivity index (χ1n) is 9.55. The Morgan fingerprint density at radius 2 is 1.69 bits per heavy atom. The molecular weight excluding hydrogens is 368 g/mol. The molecule has 0 aliphatic heterocycles. The zero-order chi connectivity index (χ0) is 21.1. The molecule has 29 heavy (non-hydrogen) atoms. The number of methoxy groups -OCH3 is 3. The summed E-state index contributed by atoms with van der Waals surface area (Å²) in [5, 5.41) is 2.91. The van der Waals surface area contributed by atoms with Crippen LogP contribution in [0, 0.1) is 0 Å². The molecule has 0 aliphatic carbocycles. The lowest BCUT2D eigenvalue weighted by molar-refractivity contribution is -0.116. The average Bonchev–Trinajstić information content (AvgIpc) is 2.75. The van der Waals surface area contributed by atoms with Crippen molar-refractivity contribution in [3.8, 4) is 17.2 Å². The second kappa shape index (κ2) is 11.8. The van der Waals surface area contributed by atoms with Gasteiger partial charge in [-0.3, -0.25) is 4.79 Å². The molecule has 0 unspecified atom stereocenters. The molecular formula is C23H30N2O4. The third kappa shape index (κ3) is 7.16. The van der Waals surface area contributed by atoms with Gasteiger partial charge in [0.25, 0.3) is 0 Å². The van der Waals surface area contributed by atoms with Crippen molar-refractivity contribution in [2.45, 2.75) is 13.0 Å². The van der Waals surface area contributed by atoms with E-state index in [0.717, 1.165) is 25.1 Å². The molecule has 2 rings (SSSR count). The number of hydrogen-bond acceptors (Lipinski definition) is 5. The van der Waals surface area contributed by atoms with Gasteiger partial charge in [0.05, 0.1) is 21.3 Å². The van der Waals surface area contributed by atoms with Crippen LogP contribution in [-0.2, 0) is 11.3 Å². The molecule has 0 aliphatic rings. The summed E-state index contributed by atoms with van der Waals surface area (Å²) in [6.45, 7) is 2.43. The van der Waals surface area contributed by atoms with Gasteiger partial charge in [0.15, 0.2) is 11.5 Å². The van der Waals surface area contributed by atoms with Crippen molar-refractivity contribution in [3.05, 3.63) is 59.7 Å². The van der Waals surface area contributed by atoms with Gasteiger partial charge in [0, 0.05) is 19.2 Å². The Morgan fingerprint density at radius 1 is 1.03 bits per heavy atom. The van der Waals surface area contributed by atoms with E-state index in [1.807, 2.05) is 18.2 Å². The van der Waals surface area contributed by atoms with Crippen LogP contribution < -0.4 is 19.5 Å². The van der Waals surface area contributed by atoms with E-state index < -0.39 is 0 Å². The van der Waals surface area contributed by atoms with Gasteiger partial charge in [-0.15, -0.1) is 0 Å². The quantitative estimate of drug-likeness (QED) is 0.465. The van der Waals surface area contributed by atoms with Crippen molar-refractivity contribution < 1.29 is 19.0 Å². The molecule has 0 fully saturated rings. The van der Waals surface area contributed by atoms with Crippen LogP contribution in [0.1, 0.15) is 17.5 Å². The number of hydrogen-bond donors (Lipinski definition) is 1. The molecule has 0 atom stereocenters. The van der Waals surface area contributed by atoms with Crippen molar-refractivity contribution in [2.24, 2.45) is 0 Å². The summed E-state index contributed by atoms with van der Waals surface area (Å²) in [6.07, 6.45) is 4.11. The summed E-state index contributed by atoms with van der Waals surface area (Å²) in [5.41, 5.74) is 2.07. The summed E-state index contributed by atoms with van der Waals surface area (Å²) in [6, 6.07) is 13.9. The molecule has 0 radical (unpaired) electrons. The summed E-state index contributed by atoms with van der Waals surface area (Å²) < 4.78 is 16.0. The molecule has 156 valence electrons. The zero-order valence-corrected chi connectivity index (χ0v) is 17.6. The van der Waals surface area contributed by atoms with Gasteiger partial charge in [-0.25, -0.2) is 0 Å². The first-order chi connectivity index (χ1) is 14.1. The van der Waals surface area contributed by atoms with E-state index in [1.165, 1.54) is 11.6 Å². The van der Waals surface area contributed by atoms with Crippen LogP contribution in [0.4, 0.5) is 0 Å². The molecule has 0 saturated heterocycles. The summed E-state index contributed by atoms with van der Waals surface area (Å²) in [4.78, 5) is 14.3. The van der Waals surface area contributed by atoms with E-state index in [9.17, 15) is 4.79 Å². The lowest BCUT2D eigenvalue weighted by Gasteiger charge is -2.16. The van der Waals surface area contributed by atoms with Crippen LogP contribution >= 0.6 is 0 Å². The fourth-order valence-electron chi connectivity index (χ4n) is 2.96. The van der Waals surface area contributed by atoms with Crippen LogP contribution in [0.3, 0.4) is 0 Å². The van der Waals surface area contributed by atoms with Crippen LogP contribution in [0.15, 0.2) is 48.5 Å². The first-order valence-corrected chi connectivity index (χ1v) is 9.55. The Kier molecular flexibility index (Phi) is 9.05. The molecule has 0 spiro atoms. The normalized spacial score (nSPS) is 10.9. The molecule has 1 amide bonds. The number of nitrogens with zero attached hydrogens (tertiary/aromatic N) is 1. The predicted molar refractivity (Wildman–Crippen MR) is 116 cm³/mol. The summed E-state index contributed by atoms with van der Waals surface area (Å²) in [5.74, 6) is 1.49. The number of nitrogens with one attached hydrogen (secondary N) is 1. The monoisotopic (exact) mass is 398 g/mol. The van der Waals surface area contributed by atoms with Gasteiger partial charge in [0.1, 0.15) is 0 Å². The molecule has 0 aromatic heterocycles. The van der Waals surface area contributed by atoms with Crippen LogP contribution in [-0.4, -0.2) is 52.3 Å². The molecule has 0 bridgehead atoms. The molecule has 0 heterocycles. The second-order valence-electron chi connectivity index (χ2n) is 6.66. The highest BCUT2D eigenvalue weighted by molar-refractivity contribution is 5.91. The Morgan fingerprint density at radius 3 is 2.28 bits per heavy atom. The minimum Gasteiger partial charge on any atom is -0.493 e. The number of rotatable bonds is 11. The van der Waals surface area contributed by atoms with Crippen molar-refractivity contribution >= 4 is 12.0 Å². The van der Waals surface area contributed by atoms with Gasteiger partial charge < -0.3 is 24.4 Å². The smallest absolute Gasteiger partial charge is 0.243 e. The molecule has 6 nitrogen and oxygen atoms in total. The van der Waals surface area contributed by atoms with Crippen molar-refractivity contribution in [1.82, 2.24) is 10.2 Å². The van der Waals surface area contributed by atoms with E-state index in [4.69, 9.17) is 14.2 Å². The van der Waals surface area contributed by atoms with Gasteiger partial charge in [0.2, 0.25) is 11.7 Å². The van der Waals surface area contributed by atoms with Crippen LogP contribution in [0.5, 0.6) is 17.2 Å². The van der Waals surface area contributed by atoms with Crippen molar-refractivity contribution in [2.75, 3.05) is 41.5 Å². The topological polar surface area (TPSA) is 60.0 Å². The minimum absolute atomic E-state index is 0.135. The Labute approximate surface area is 173 Å². The fourth-order valence-corrected chi connectivity index (χ4v) is 2.96.